The van der Waals surface area contributed by atoms with Gasteiger partial charge in [0.15, 0.2) is 11.5 Å². The molecule has 0 spiro atoms. The standard InChI is InChI=1S/C34H29N9O4S/c1-19(38-33(44)29-31(40-48(46,47)35-2)39-42-15-7-14-36-32(29)42)30-28-25-16-24(25)23-13-12-21(11-10-20-17-37-41(3)18-20)26(27(23)28)34(45)43(30)22-8-5-4-6-9-22/h4-9,12-15,17-19,24-25,35H,16H2,1-3H3,(H,38,44)(H,39,40)/t19-,24+,25+/m1/s1. The summed E-state index contributed by atoms with van der Waals surface area (Å²) in [5, 5.41) is 13.0. The Bertz CT molecular complexity index is 2540. The van der Waals surface area contributed by atoms with Gasteiger partial charge in [-0.25, -0.2) is 14.2 Å². The molecule has 3 atom stereocenters. The van der Waals surface area contributed by atoms with Gasteiger partial charge in [-0.05, 0) is 66.0 Å². The number of pyridine rings is 1. The molecule has 240 valence electrons. The summed E-state index contributed by atoms with van der Waals surface area (Å²) in [6.45, 7) is 1.83. The third-order valence-corrected chi connectivity index (χ3v) is 9.94. The van der Waals surface area contributed by atoms with Gasteiger partial charge >= 0.3 is 0 Å². The second-order valence-electron chi connectivity index (χ2n) is 11.9. The van der Waals surface area contributed by atoms with Crippen molar-refractivity contribution >= 4 is 38.4 Å². The van der Waals surface area contributed by atoms with Crippen molar-refractivity contribution in [1.82, 2.24) is 39.0 Å². The van der Waals surface area contributed by atoms with Crippen molar-refractivity contribution in [2.24, 2.45) is 7.05 Å². The number of hydrogen-bond acceptors (Lipinski definition) is 7. The molecule has 2 aliphatic carbocycles. The van der Waals surface area contributed by atoms with E-state index in [0.29, 0.717) is 22.3 Å². The minimum atomic E-state index is -4.01. The van der Waals surface area contributed by atoms with E-state index in [2.05, 4.69) is 47.8 Å². The van der Waals surface area contributed by atoms with E-state index in [-0.39, 0.29) is 34.4 Å². The number of aromatic nitrogens is 6. The van der Waals surface area contributed by atoms with Gasteiger partial charge in [0.25, 0.3) is 21.7 Å². The molecule has 0 unspecified atom stereocenters. The van der Waals surface area contributed by atoms with Crippen LogP contribution in [0.2, 0.25) is 0 Å². The molecular weight excluding hydrogens is 631 g/mol. The number of hydrogen-bond donors (Lipinski definition) is 3. The predicted molar refractivity (Wildman–Crippen MR) is 179 cm³/mol. The first kappa shape index (κ1) is 29.6. The molecule has 8 rings (SSSR count). The van der Waals surface area contributed by atoms with E-state index in [1.54, 1.807) is 27.7 Å². The van der Waals surface area contributed by atoms with Crippen LogP contribution >= 0.6 is 0 Å². The Kier molecular flexibility index (Phi) is 6.72. The number of benzene rings is 2. The fourth-order valence-electron chi connectivity index (χ4n) is 6.82. The second-order valence-corrected chi connectivity index (χ2v) is 13.6. The van der Waals surface area contributed by atoms with Crippen LogP contribution in [-0.4, -0.2) is 50.3 Å². The molecule has 1 fully saturated rings. The third-order valence-electron chi connectivity index (χ3n) is 8.94. The number of anilines is 1. The number of rotatable bonds is 7. The minimum absolute atomic E-state index is 0.0509. The van der Waals surface area contributed by atoms with Crippen molar-refractivity contribution in [3.05, 3.63) is 117 Å². The van der Waals surface area contributed by atoms with Crippen LogP contribution in [0.1, 0.15) is 69.5 Å². The number of fused-ring (bicyclic) bond motifs is 4. The van der Waals surface area contributed by atoms with Gasteiger partial charge in [-0.3, -0.25) is 23.6 Å². The van der Waals surface area contributed by atoms with Gasteiger partial charge in [-0.2, -0.15) is 13.5 Å². The van der Waals surface area contributed by atoms with Gasteiger partial charge in [-0.1, -0.05) is 36.1 Å². The van der Waals surface area contributed by atoms with Crippen molar-refractivity contribution in [2.75, 3.05) is 11.8 Å². The van der Waals surface area contributed by atoms with Crippen molar-refractivity contribution in [3.8, 4) is 17.5 Å². The lowest BCUT2D eigenvalue weighted by molar-refractivity contribution is 0.0941. The largest absolute Gasteiger partial charge is 0.344 e. The van der Waals surface area contributed by atoms with Gasteiger partial charge in [0.05, 0.1) is 28.9 Å². The summed E-state index contributed by atoms with van der Waals surface area (Å²) in [5.74, 6) is 6.06. The first-order valence-corrected chi connectivity index (χ1v) is 16.8. The smallest absolute Gasteiger partial charge is 0.300 e. The third kappa shape index (κ3) is 4.74. The molecule has 14 heteroatoms. The van der Waals surface area contributed by atoms with E-state index >= 15 is 0 Å². The highest BCUT2D eigenvalue weighted by atomic mass is 32.2. The average Bonchev–Trinajstić information content (AvgIpc) is 3.44. The molecule has 48 heavy (non-hydrogen) atoms. The highest BCUT2D eigenvalue weighted by molar-refractivity contribution is 7.90. The molecule has 2 aliphatic rings. The van der Waals surface area contributed by atoms with E-state index in [1.807, 2.05) is 56.6 Å². The van der Waals surface area contributed by atoms with Crippen LogP contribution in [0.15, 0.2) is 78.1 Å². The molecule has 4 heterocycles. The van der Waals surface area contributed by atoms with Crippen LogP contribution in [0.3, 0.4) is 0 Å². The number of carbonyl (C=O) groups excluding carboxylic acids is 1. The molecule has 3 N–H and O–H groups in total. The lowest BCUT2D eigenvalue weighted by atomic mass is 9.94. The highest BCUT2D eigenvalue weighted by Crippen LogP contribution is 2.64. The van der Waals surface area contributed by atoms with Crippen LogP contribution in [0.5, 0.6) is 0 Å². The number of nitrogens with zero attached hydrogens (tertiary/aromatic N) is 6. The Morgan fingerprint density at radius 1 is 1.06 bits per heavy atom. The first-order chi connectivity index (χ1) is 23.1. The van der Waals surface area contributed by atoms with Gasteiger partial charge in [0, 0.05) is 43.9 Å². The monoisotopic (exact) mass is 659 g/mol. The molecule has 0 bridgehead atoms. The lowest BCUT2D eigenvalue weighted by Gasteiger charge is -2.25. The Labute approximate surface area is 274 Å². The zero-order chi connectivity index (χ0) is 33.3. The SMILES string of the molecule is CNS(=O)(=O)Nc1nn2cccnc2c1C(=O)N[C@H](C)c1c2c3c(ccc(C#Cc4cnn(C)c4)c3c(=O)n1-c1ccccc1)[C@@H]1C[C@H]21. The molecule has 0 aliphatic heterocycles. The first-order valence-electron chi connectivity index (χ1n) is 15.3. The number of para-hydroxylation sites is 1. The number of carbonyl (C=O) groups is 1. The predicted octanol–water partition coefficient (Wildman–Crippen LogP) is 3.12. The molecule has 1 saturated carbocycles. The summed E-state index contributed by atoms with van der Waals surface area (Å²) in [7, 11) is -0.933. The summed E-state index contributed by atoms with van der Waals surface area (Å²) < 4.78 is 34.1. The molecular formula is C34H29N9O4S. The molecule has 1 amide bonds. The van der Waals surface area contributed by atoms with Crippen molar-refractivity contribution in [3.63, 3.8) is 0 Å². The molecule has 13 nitrogen and oxygen atoms in total. The molecule has 2 aromatic carbocycles. The zero-order valence-corrected chi connectivity index (χ0v) is 26.9. The van der Waals surface area contributed by atoms with Crippen LogP contribution in [0.4, 0.5) is 5.82 Å². The van der Waals surface area contributed by atoms with Gasteiger partial charge in [0.1, 0.15) is 5.56 Å². The van der Waals surface area contributed by atoms with Crippen LogP contribution in [-0.2, 0) is 17.3 Å². The quantitative estimate of drug-likeness (QED) is 0.222. The maximum absolute atomic E-state index is 14.7. The average molecular weight is 660 g/mol. The Morgan fingerprint density at radius 3 is 2.62 bits per heavy atom. The zero-order valence-electron chi connectivity index (χ0n) is 26.1. The fourth-order valence-corrected chi connectivity index (χ4v) is 7.31. The lowest BCUT2D eigenvalue weighted by Crippen LogP contribution is -2.34. The van der Waals surface area contributed by atoms with E-state index in [4.69, 9.17) is 0 Å². The molecule has 4 aromatic heterocycles. The van der Waals surface area contributed by atoms with Gasteiger partial charge < -0.3 is 5.32 Å². The summed E-state index contributed by atoms with van der Waals surface area (Å²) >= 11 is 0. The fraction of sp³-hybridized carbons (Fsp3) is 0.206. The Balaban J connectivity index is 1.30. The maximum Gasteiger partial charge on any atom is 0.300 e. The number of aryl methyl sites for hydroxylation is 1. The maximum atomic E-state index is 14.7. The van der Waals surface area contributed by atoms with Crippen LogP contribution in [0.25, 0.3) is 22.1 Å². The Hall–Kier alpha value is -5.78. The van der Waals surface area contributed by atoms with E-state index in [9.17, 15) is 18.0 Å². The number of nitrogens with one attached hydrogen (secondary N) is 3. The highest BCUT2D eigenvalue weighted by Gasteiger charge is 2.50. The van der Waals surface area contributed by atoms with Gasteiger partial charge in [-0.15, -0.1) is 5.10 Å². The van der Waals surface area contributed by atoms with Crippen molar-refractivity contribution in [2.45, 2.75) is 31.2 Å². The summed E-state index contributed by atoms with van der Waals surface area (Å²) in [6.07, 6.45) is 7.51. The number of amides is 1. The topological polar surface area (TPSA) is 157 Å². The molecule has 0 radical (unpaired) electrons. The second kappa shape index (κ2) is 10.9. The Morgan fingerprint density at radius 2 is 1.88 bits per heavy atom. The van der Waals surface area contributed by atoms with Crippen molar-refractivity contribution < 1.29 is 13.2 Å². The van der Waals surface area contributed by atoms with Crippen LogP contribution in [0, 0.1) is 11.8 Å². The van der Waals surface area contributed by atoms with Gasteiger partial charge in [0.2, 0.25) is 0 Å². The summed E-state index contributed by atoms with van der Waals surface area (Å²) in [5.41, 5.74) is 4.68. The molecule has 6 aromatic rings. The summed E-state index contributed by atoms with van der Waals surface area (Å²) in [4.78, 5) is 33.1. The van der Waals surface area contributed by atoms with E-state index in [1.165, 1.54) is 17.8 Å². The normalized spacial score (nSPS) is 16.7. The summed E-state index contributed by atoms with van der Waals surface area (Å²) in [6, 6.07) is 14.3. The molecule has 0 saturated heterocycles. The van der Waals surface area contributed by atoms with Crippen molar-refractivity contribution in [1.29, 1.82) is 0 Å². The minimum Gasteiger partial charge on any atom is -0.344 e. The van der Waals surface area contributed by atoms with E-state index in [0.717, 1.165) is 28.5 Å². The van der Waals surface area contributed by atoms with Crippen LogP contribution < -0.4 is 20.3 Å². The van der Waals surface area contributed by atoms with E-state index < -0.39 is 22.2 Å².